The Kier molecular flexibility index (Phi) is 17.2. The van der Waals surface area contributed by atoms with Crippen molar-refractivity contribution in [2.75, 3.05) is 41.6 Å². The average Bonchev–Trinajstić information content (AvgIpc) is 3.11. The van der Waals surface area contributed by atoms with Crippen LogP contribution >= 0.6 is 12.4 Å². The van der Waals surface area contributed by atoms with Crippen LogP contribution in [0.3, 0.4) is 0 Å². The number of pyridine rings is 1. The van der Waals surface area contributed by atoms with E-state index in [1.807, 2.05) is 52.0 Å². The standard InChI is InChI=1S/C16H18N4O2.C12H24O.2C2H6.ClH.H2/c21-20-11-12-2-1-5-17-16(12)18-14-4-3-13(10-15(14)20)19-6-8-22-9-7-19;1-9(2)13-11(4)12-7-5-10(3)6-8-12;2*1-2;;/h1-5,10,21H,6-9,11H2,(H,17,18);9-12H,5-8H2,1-4H3;2*1-2H3;2*1H/t;10?,11-,12?;;;;/m.1..../s1. The number of hydrogen-bond acceptors (Lipinski definition) is 7. The average molecular weight is 581 g/mol. The molecule has 2 N–H and O–H groups in total. The fraction of sp³-hybridized carbons (Fsp3) is 0.656. The van der Waals surface area contributed by atoms with Crippen molar-refractivity contribution in [3.63, 3.8) is 0 Å². The summed E-state index contributed by atoms with van der Waals surface area (Å²) in [5.41, 5.74) is 3.69. The van der Waals surface area contributed by atoms with Gasteiger partial charge in [0.15, 0.2) is 0 Å². The van der Waals surface area contributed by atoms with Gasteiger partial charge in [0.1, 0.15) is 5.82 Å². The Bertz CT molecular complexity index is 954. The monoisotopic (exact) mass is 580 g/mol. The summed E-state index contributed by atoms with van der Waals surface area (Å²) < 4.78 is 11.2. The molecule has 0 radical (unpaired) electrons. The van der Waals surface area contributed by atoms with Crippen LogP contribution in [0.2, 0.25) is 0 Å². The molecule has 8 heteroatoms. The molecule has 2 aliphatic heterocycles. The van der Waals surface area contributed by atoms with E-state index in [0.29, 0.717) is 18.8 Å². The van der Waals surface area contributed by atoms with Crippen LogP contribution in [-0.2, 0) is 16.0 Å². The van der Waals surface area contributed by atoms with Crippen molar-refractivity contribution in [2.24, 2.45) is 11.8 Å². The first kappa shape index (κ1) is 36.0. The zero-order chi connectivity index (χ0) is 28.8. The maximum Gasteiger partial charge on any atom is 0.135 e. The minimum absolute atomic E-state index is 0. The molecule has 0 unspecified atom stereocenters. The minimum Gasteiger partial charge on any atom is -0.378 e. The van der Waals surface area contributed by atoms with E-state index in [2.05, 4.69) is 49.0 Å². The first-order chi connectivity index (χ1) is 18.9. The van der Waals surface area contributed by atoms with E-state index in [1.165, 1.54) is 30.7 Å². The van der Waals surface area contributed by atoms with Gasteiger partial charge in [-0.05, 0) is 69.7 Å². The Morgan fingerprint density at radius 3 is 2.30 bits per heavy atom. The van der Waals surface area contributed by atoms with Crippen LogP contribution in [0.1, 0.15) is 88.1 Å². The van der Waals surface area contributed by atoms with E-state index < -0.39 is 0 Å². The van der Waals surface area contributed by atoms with Crippen LogP contribution < -0.4 is 15.3 Å². The maximum absolute atomic E-state index is 10.4. The van der Waals surface area contributed by atoms with E-state index >= 15 is 0 Å². The number of nitrogens with one attached hydrogen (secondary N) is 1. The molecule has 1 aromatic carbocycles. The van der Waals surface area contributed by atoms with Gasteiger partial charge in [-0.2, -0.15) is 0 Å². The van der Waals surface area contributed by atoms with E-state index in [9.17, 15) is 5.21 Å². The summed E-state index contributed by atoms with van der Waals surface area (Å²) >= 11 is 0. The quantitative estimate of drug-likeness (QED) is 0.374. The largest absolute Gasteiger partial charge is 0.378 e. The number of rotatable bonds is 4. The molecule has 1 aromatic heterocycles. The number of hydrogen-bond donors (Lipinski definition) is 2. The third-order valence-corrected chi connectivity index (χ3v) is 7.31. The Labute approximate surface area is 251 Å². The zero-order valence-corrected chi connectivity index (χ0v) is 27.0. The Morgan fingerprint density at radius 1 is 1.02 bits per heavy atom. The summed E-state index contributed by atoms with van der Waals surface area (Å²) in [5, 5.41) is 15.0. The number of benzene rings is 1. The number of morpholine rings is 1. The molecule has 1 saturated carbocycles. The number of fused-ring (bicyclic) bond motifs is 2. The predicted molar refractivity (Wildman–Crippen MR) is 174 cm³/mol. The fourth-order valence-electron chi connectivity index (χ4n) is 5.21. The number of ether oxygens (including phenoxy) is 2. The molecule has 3 aliphatic rings. The molecule has 1 atom stereocenters. The highest BCUT2D eigenvalue weighted by Gasteiger charge is 2.24. The van der Waals surface area contributed by atoms with E-state index in [0.717, 1.165) is 66.6 Å². The molecule has 40 heavy (non-hydrogen) atoms. The summed E-state index contributed by atoms with van der Waals surface area (Å²) in [6.07, 6.45) is 8.14. The number of aromatic nitrogens is 1. The molecule has 1 aliphatic carbocycles. The van der Waals surface area contributed by atoms with E-state index in [4.69, 9.17) is 9.47 Å². The maximum atomic E-state index is 10.4. The highest BCUT2D eigenvalue weighted by Crippen LogP contribution is 2.36. The van der Waals surface area contributed by atoms with Gasteiger partial charge in [0.05, 0.1) is 43.3 Å². The van der Waals surface area contributed by atoms with E-state index in [-0.39, 0.29) is 13.8 Å². The molecule has 230 valence electrons. The van der Waals surface area contributed by atoms with Crippen molar-refractivity contribution in [3.8, 4) is 0 Å². The molecular formula is C32H57ClN4O3. The highest BCUT2D eigenvalue weighted by molar-refractivity contribution is 5.85. The Hall–Kier alpha value is -2.06. The lowest BCUT2D eigenvalue weighted by Gasteiger charge is -2.31. The third-order valence-electron chi connectivity index (χ3n) is 7.31. The van der Waals surface area contributed by atoms with Crippen molar-refractivity contribution in [2.45, 2.75) is 99.8 Å². The van der Waals surface area contributed by atoms with Gasteiger partial charge < -0.3 is 19.7 Å². The fourth-order valence-corrected chi connectivity index (χ4v) is 5.21. The van der Waals surface area contributed by atoms with Crippen LogP contribution in [0, 0.1) is 11.8 Å². The molecule has 0 amide bonds. The van der Waals surface area contributed by atoms with Crippen LogP contribution in [0.5, 0.6) is 0 Å². The van der Waals surface area contributed by atoms with Crippen molar-refractivity contribution in [1.29, 1.82) is 0 Å². The number of hydroxylamine groups is 1. The van der Waals surface area contributed by atoms with Gasteiger partial charge >= 0.3 is 0 Å². The molecule has 2 aromatic rings. The molecule has 2 fully saturated rings. The highest BCUT2D eigenvalue weighted by atomic mass is 35.5. The van der Waals surface area contributed by atoms with Crippen molar-refractivity contribution < 1.29 is 16.1 Å². The molecule has 0 spiro atoms. The van der Waals surface area contributed by atoms with Crippen molar-refractivity contribution in [1.82, 2.24) is 4.98 Å². The lowest BCUT2D eigenvalue weighted by molar-refractivity contribution is -0.0271. The smallest absolute Gasteiger partial charge is 0.135 e. The summed E-state index contributed by atoms with van der Waals surface area (Å²) in [6.45, 7) is 20.5. The predicted octanol–water partition coefficient (Wildman–Crippen LogP) is 8.72. The Balaban J connectivity index is 0.000000733. The topological polar surface area (TPSA) is 70.1 Å². The normalized spacial score (nSPS) is 20.2. The zero-order valence-electron chi connectivity index (χ0n) is 26.2. The first-order valence-electron chi connectivity index (χ1n) is 15.2. The van der Waals surface area contributed by atoms with Crippen LogP contribution in [0.15, 0.2) is 36.5 Å². The van der Waals surface area contributed by atoms with Crippen LogP contribution in [0.25, 0.3) is 0 Å². The second-order valence-corrected chi connectivity index (χ2v) is 10.4. The second-order valence-electron chi connectivity index (χ2n) is 10.4. The van der Waals surface area contributed by atoms with E-state index in [1.54, 1.807) is 6.20 Å². The first-order valence-corrected chi connectivity index (χ1v) is 15.2. The summed E-state index contributed by atoms with van der Waals surface area (Å²) in [7, 11) is 0. The van der Waals surface area contributed by atoms with Gasteiger partial charge in [0.2, 0.25) is 0 Å². The van der Waals surface area contributed by atoms with Gasteiger partial charge in [-0.1, -0.05) is 53.5 Å². The van der Waals surface area contributed by atoms with Crippen LogP contribution in [0.4, 0.5) is 22.9 Å². The van der Waals surface area contributed by atoms with Gasteiger partial charge in [0, 0.05) is 32.0 Å². The molecular weight excluding hydrogens is 524 g/mol. The molecule has 7 nitrogen and oxygen atoms in total. The summed E-state index contributed by atoms with van der Waals surface area (Å²) in [6, 6.07) is 9.92. The molecule has 1 saturated heterocycles. The van der Waals surface area contributed by atoms with Gasteiger partial charge in [-0.15, -0.1) is 12.4 Å². The summed E-state index contributed by atoms with van der Waals surface area (Å²) in [4.78, 5) is 6.62. The van der Waals surface area contributed by atoms with Gasteiger partial charge in [-0.3, -0.25) is 10.3 Å². The minimum atomic E-state index is 0. The molecule has 5 rings (SSSR count). The van der Waals surface area contributed by atoms with Crippen molar-refractivity contribution in [3.05, 3.63) is 42.1 Å². The van der Waals surface area contributed by atoms with Crippen molar-refractivity contribution >= 4 is 35.3 Å². The lowest BCUT2D eigenvalue weighted by Crippen LogP contribution is -2.36. The third kappa shape index (κ3) is 10.7. The van der Waals surface area contributed by atoms with Crippen LogP contribution in [-0.4, -0.2) is 48.7 Å². The number of halogens is 1. The SMILES string of the molecule is CC.CC.CC1CCC([C@@H](C)OC(C)C)CC1.Cl.ON1Cc2cccnc2Nc2ccc(N3CCOCC3)cc21.[HH]. The number of nitrogens with zero attached hydrogens (tertiary/aromatic N) is 3. The molecule has 3 heterocycles. The van der Waals surface area contributed by atoms with Gasteiger partial charge in [0.25, 0.3) is 0 Å². The van der Waals surface area contributed by atoms with Gasteiger partial charge in [-0.25, -0.2) is 4.98 Å². The second kappa shape index (κ2) is 19.1. The Morgan fingerprint density at radius 2 is 1.68 bits per heavy atom. The lowest BCUT2D eigenvalue weighted by atomic mass is 9.80. The summed E-state index contributed by atoms with van der Waals surface area (Å²) in [5.74, 6) is 2.56. The number of anilines is 4. The molecule has 0 bridgehead atoms.